The second-order valence-electron chi connectivity index (χ2n) is 4.50. The summed E-state index contributed by atoms with van der Waals surface area (Å²) in [6.45, 7) is 0. The number of pyridine rings is 1. The Hall–Kier alpha value is -2.54. The summed E-state index contributed by atoms with van der Waals surface area (Å²) in [6.07, 6.45) is 1.93. The van der Waals surface area contributed by atoms with Crippen LogP contribution in [0.4, 0.5) is 5.69 Å². The van der Waals surface area contributed by atoms with E-state index in [0.29, 0.717) is 28.4 Å². The molecule has 0 aliphatic heterocycles. The number of rotatable bonds is 3. The first-order valence-corrected chi connectivity index (χ1v) is 7.36. The van der Waals surface area contributed by atoms with Crippen LogP contribution < -0.4 is 5.73 Å². The van der Waals surface area contributed by atoms with Crippen LogP contribution in [-0.2, 0) is 5.75 Å². The van der Waals surface area contributed by atoms with Gasteiger partial charge in [0.05, 0.1) is 11.4 Å². The molecule has 104 valence electrons. The summed E-state index contributed by atoms with van der Waals surface area (Å²) in [7, 11) is 0. The Bertz CT molecular complexity index is 929. The van der Waals surface area contributed by atoms with Gasteiger partial charge in [0.15, 0.2) is 16.4 Å². The number of anilines is 1. The Morgan fingerprint density at radius 3 is 3.00 bits per heavy atom. The maximum Gasteiger partial charge on any atom is 0.206 e. The highest BCUT2D eigenvalue weighted by Crippen LogP contribution is 2.26. The number of nitrogens with two attached hydrogens (primary N) is 1. The van der Waals surface area contributed by atoms with Crippen molar-refractivity contribution in [2.75, 3.05) is 5.73 Å². The van der Waals surface area contributed by atoms with Gasteiger partial charge in [-0.3, -0.25) is 4.40 Å². The molecule has 7 heteroatoms. The summed E-state index contributed by atoms with van der Waals surface area (Å²) in [5.41, 5.74) is 8.74. The van der Waals surface area contributed by atoms with Crippen molar-refractivity contribution in [3.63, 3.8) is 0 Å². The van der Waals surface area contributed by atoms with Crippen molar-refractivity contribution < 1.29 is 4.42 Å². The van der Waals surface area contributed by atoms with Crippen LogP contribution in [0.2, 0.25) is 0 Å². The van der Waals surface area contributed by atoms with Gasteiger partial charge in [-0.05, 0) is 24.3 Å². The summed E-state index contributed by atoms with van der Waals surface area (Å²) in [6, 6.07) is 11.3. The molecular formula is C14H11N5OS. The zero-order chi connectivity index (χ0) is 14.2. The zero-order valence-corrected chi connectivity index (χ0v) is 11.7. The average Bonchev–Trinajstić information content (AvgIpc) is 3.09. The summed E-state index contributed by atoms with van der Waals surface area (Å²) < 4.78 is 7.62. The van der Waals surface area contributed by atoms with E-state index in [4.69, 9.17) is 10.2 Å². The predicted octanol–water partition coefficient (Wildman–Crippen LogP) is 2.75. The number of nitrogen functional groups attached to an aromatic ring is 1. The van der Waals surface area contributed by atoms with Gasteiger partial charge < -0.3 is 10.2 Å². The molecule has 1 aromatic carbocycles. The maximum absolute atomic E-state index is 5.88. The van der Waals surface area contributed by atoms with Gasteiger partial charge in [-0.25, -0.2) is 4.98 Å². The molecule has 0 aliphatic carbocycles. The lowest BCUT2D eigenvalue weighted by Gasteiger charge is -1.96. The Morgan fingerprint density at radius 2 is 2.10 bits per heavy atom. The molecule has 3 aromatic heterocycles. The van der Waals surface area contributed by atoms with E-state index in [1.165, 1.54) is 11.8 Å². The minimum Gasteiger partial charge on any atom is -0.440 e. The Labute approximate surface area is 124 Å². The monoisotopic (exact) mass is 297 g/mol. The van der Waals surface area contributed by atoms with Crippen molar-refractivity contribution in [3.05, 3.63) is 48.5 Å². The number of nitrogens with zero attached hydrogens (tertiary/aromatic N) is 4. The number of benzene rings is 1. The van der Waals surface area contributed by atoms with Crippen molar-refractivity contribution in [1.29, 1.82) is 0 Å². The molecule has 0 unspecified atom stereocenters. The van der Waals surface area contributed by atoms with Crippen LogP contribution in [0.3, 0.4) is 0 Å². The van der Waals surface area contributed by atoms with E-state index >= 15 is 0 Å². The standard InChI is InChI=1S/C14H11N5OS/c15-9-4-3-5-10-13(9)16-12(20-10)8-21-14-18-17-11-6-1-2-7-19(11)14/h1-7H,8,15H2. The van der Waals surface area contributed by atoms with Crippen LogP contribution in [0.15, 0.2) is 52.2 Å². The first kappa shape index (κ1) is 12.2. The molecule has 0 amide bonds. The summed E-state index contributed by atoms with van der Waals surface area (Å²) in [5.74, 6) is 1.20. The molecule has 4 rings (SSSR count). The minimum atomic E-state index is 0.573. The van der Waals surface area contributed by atoms with E-state index in [0.717, 1.165) is 10.8 Å². The molecule has 0 saturated carbocycles. The summed E-state index contributed by atoms with van der Waals surface area (Å²) in [5, 5.41) is 9.08. The van der Waals surface area contributed by atoms with Crippen LogP contribution in [0.5, 0.6) is 0 Å². The summed E-state index contributed by atoms with van der Waals surface area (Å²) >= 11 is 1.52. The Morgan fingerprint density at radius 1 is 1.14 bits per heavy atom. The largest absolute Gasteiger partial charge is 0.440 e. The van der Waals surface area contributed by atoms with E-state index in [2.05, 4.69) is 15.2 Å². The smallest absolute Gasteiger partial charge is 0.206 e. The van der Waals surface area contributed by atoms with Gasteiger partial charge in [0.1, 0.15) is 5.52 Å². The number of thioether (sulfide) groups is 1. The van der Waals surface area contributed by atoms with Crippen LogP contribution in [0.25, 0.3) is 16.7 Å². The van der Waals surface area contributed by atoms with E-state index < -0.39 is 0 Å². The second kappa shape index (κ2) is 4.78. The fourth-order valence-corrected chi connectivity index (χ4v) is 2.89. The average molecular weight is 297 g/mol. The molecule has 2 N–H and O–H groups in total. The molecule has 0 saturated heterocycles. The highest BCUT2D eigenvalue weighted by molar-refractivity contribution is 7.98. The van der Waals surface area contributed by atoms with E-state index in [9.17, 15) is 0 Å². The third-order valence-electron chi connectivity index (χ3n) is 3.10. The lowest BCUT2D eigenvalue weighted by atomic mass is 10.3. The van der Waals surface area contributed by atoms with E-state index in [1.807, 2.05) is 47.0 Å². The number of fused-ring (bicyclic) bond motifs is 2. The van der Waals surface area contributed by atoms with Gasteiger partial charge in [0.2, 0.25) is 5.89 Å². The van der Waals surface area contributed by atoms with Crippen LogP contribution in [0, 0.1) is 0 Å². The van der Waals surface area contributed by atoms with Crippen molar-refractivity contribution in [1.82, 2.24) is 19.6 Å². The van der Waals surface area contributed by atoms with Gasteiger partial charge in [-0.15, -0.1) is 10.2 Å². The van der Waals surface area contributed by atoms with Gasteiger partial charge in [0, 0.05) is 6.20 Å². The number of hydrogen-bond acceptors (Lipinski definition) is 6. The molecule has 3 heterocycles. The quantitative estimate of drug-likeness (QED) is 0.462. The molecule has 6 nitrogen and oxygen atoms in total. The number of hydrogen-bond donors (Lipinski definition) is 1. The summed E-state index contributed by atoms with van der Waals surface area (Å²) in [4.78, 5) is 4.42. The van der Waals surface area contributed by atoms with Gasteiger partial charge in [-0.1, -0.05) is 23.9 Å². The Balaban J connectivity index is 1.62. The number of para-hydroxylation sites is 1. The molecule has 21 heavy (non-hydrogen) atoms. The SMILES string of the molecule is Nc1cccc2oc(CSc3nnc4ccccn34)nc12. The molecule has 0 spiro atoms. The third kappa shape index (κ3) is 2.11. The molecule has 4 aromatic rings. The van der Waals surface area contributed by atoms with Crippen molar-refractivity contribution in [2.45, 2.75) is 10.9 Å². The number of oxazole rings is 1. The van der Waals surface area contributed by atoms with Crippen molar-refractivity contribution in [3.8, 4) is 0 Å². The van der Waals surface area contributed by atoms with Crippen LogP contribution in [0.1, 0.15) is 5.89 Å². The maximum atomic E-state index is 5.88. The third-order valence-corrected chi connectivity index (χ3v) is 4.03. The minimum absolute atomic E-state index is 0.573. The van der Waals surface area contributed by atoms with Crippen LogP contribution >= 0.6 is 11.8 Å². The highest BCUT2D eigenvalue weighted by atomic mass is 32.2. The fraction of sp³-hybridized carbons (Fsp3) is 0.0714. The first-order chi connectivity index (χ1) is 10.3. The van der Waals surface area contributed by atoms with Gasteiger partial charge in [-0.2, -0.15) is 0 Å². The highest BCUT2D eigenvalue weighted by Gasteiger charge is 2.11. The van der Waals surface area contributed by atoms with Gasteiger partial charge in [0.25, 0.3) is 0 Å². The molecule has 0 atom stereocenters. The Kier molecular flexibility index (Phi) is 2.78. The van der Waals surface area contributed by atoms with E-state index in [-0.39, 0.29) is 0 Å². The molecule has 0 aliphatic rings. The van der Waals surface area contributed by atoms with Crippen LogP contribution in [-0.4, -0.2) is 19.6 Å². The van der Waals surface area contributed by atoms with Crippen molar-refractivity contribution >= 4 is 34.2 Å². The van der Waals surface area contributed by atoms with Crippen molar-refractivity contribution in [2.24, 2.45) is 0 Å². The second-order valence-corrected chi connectivity index (χ2v) is 5.44. The topological polar surface area (TPSA) is 82.2 Å². The number of aromatic nitrogens is 4. The molecule has 0 fully saturated rings. The zero-order valence-electron chi connectivity index (χ0n) is 10.9. The van der Waals surface area contributed by atoms with Gasteiger partial charge >= 0.3 is 0 Å². The fourth-order valence-electron chi connectivity index (χ4n) is 2.12. The lowest BCUT2D eigenvalue weighted by Crippen LogP contribution is -1.88. The molecule has 0 radical (unpaired) electrons. The molecular weight excluding hydrogens is 286 g/mol. The van der Waals surface area contributed by atoms with E-state index in [1.54, 1.807) is 0 Å². The predicted molar refractivity (Wildman–Crippen MR) is 81.0 cm³/mol. The normalized spacial score (nSPS) is 11.4. The lowest BCUT2D eigenvalue weighted by molar-refractivity contribution is 0.556. The molecule has 0 bridgehead atoms. The first-order valence-electron chi connectivity index (χ1n) is 6.38.